The molecule has 2 aromatic rings. The predicted octanol–water partition coefficient (Wildman–Crippen LogP) is 1.83. The van der Waals surface area contributed by atoms with E-state index < -0.39 is 4.92 Å². The zero-order chi connectivity index (χ0) is 16.1. The van der Waals surface area contributed by atoms with E-state index in [9.17, 15) is 14.9 Å². The molecule has 0 spiro atoms. The van der Waals surface area contributed by atoms with Crippen LogP contribution in [0.4, 0.5) is 5.69 Å². The fraction of sp³-hybridized carbons (Fsp3) is 0.429. The number of nitrogens with zero attached hydrogens (tertiary/aromatic N) is 3. The molecule has 1 amide bonds. The molecule has 1 N–H and O–H groups in total. The zero-order valence-electron chi connectivity index (χ0n) is 12.5. The van der Waals surface area contributed by atoms with Crippen molar-refractivity contribution in [2.45, 2.75) is 39.3 Å². The second-order valence-electron chi connectivity index (χ2n) is 5.14. The largest absolute Gasteiger partial charge is 0.469 e. The molecule has 22 heavy (non-hydrogen) atoms. The number of rotatable bonds is 7. The fourth-order valence-corrected chi connectivity index (χ4v) is 2.12. The Bertz CT molecular complexity index is 648. The van der Waals surface area contributed by atoms with Crippen LogP contribution in [0.5, 0.6) is 0 Å². The molecule has 0 aliphatic rings. The SMILES string of the molecule is Cc1nn(CC(=O)NC(C)CCc2ccco2)cc1[N+](=O)[O-]. The van der Waals surface area contributed by atoms with Crippen molar-refractivity contribution in [3.8, 4) is 0 Å². The highest BCUT2D eigenvalue weighted by Gasteiger charge is 2.17. The zero-order valence-corrected chi connectivity index (χ0v) is 12.5. The van der Waals surface area contributed by atoms with Gasteiger partial charge in [-0.15, -0.1) is 0 Å². The lowest BCUT2D eigenvalue weighted by atomic mass is 10.1. The standard InChI is InChI=1S/C14H18N4O4/c1-10(5-6-12-4-3-7-22-12)15-14(19)9-17-8-13(18(20)21)11(2)16-17/h3-4,7-8,10H,5-6,9H2,1-2H3,(H,15,19). The molecular formula is C14H18N4O4. The normalized spacial score (nSPS) is 12.1. The van der Waals surface area contributed by atoms with Crippen molar-refractivity contribution in [2.24, 2.45) is 0 Å². The first-order valence-corrected chi connectivity index (χ1v) is 6.96. The number of hydrogen-bond donors (Lipinski definition) is 1. The van der Waals surface area contributed by atoms with Crippen LogP contribution in [0.2, 0.25) is 0 Å². The molecule has 0 radical (unpaired) electrons. The molecule has 2 heterocycles. The second-order valence-corrected chi connectivity index (χ2v) is 5.14. The van der Waals surface area contributed by atoms with Gasteiger partial charge in [-0.25, -0.2) is 0 Å². The summed E-state index contributed by atoms with van der Waals surface area (Å²) in [5, 5.41) is 17.5. The van der Waals surface area contributed by atoms with Crippen molar-refractivity contribution in [3.05, 3.63) is 46.2 Å². The Balaban J connectivity index is 1.82. The number of carbonyl (C=O) groups excluding carboxylic acids is 1. The number of amides is 1. The predicted molar refractivity (Wildman–Crippen MR) is 78.3 cm³/mol. The van der Waals surface area contributed by atoms with Crippen LogP contribution in [0.3, 0.4) is 0 Å². The van der Waals surface area contributed by atoms with E-state index in [4.69, 9.17) is 4.42 Å². The van der Waals surface area contributed by atoms with Crippen LogP contribution in [0.1, 0.15) is 24.8 Å². The van der Waals surface area contributed by atoms with Gasteiger partial charge in [0.1, 0.15) is 24.2 Å². The first-order valence-electron chi connectivity index (χ1n) is 6.96. The molecule has 1 unspecified atom stereocenters. The van der Waals surface area contributed by atoms with Gasteiger partial charge in [0.15, 0.2) is 0 Å². The minimum atomic E-state index is -0.511. The summed E-state index contributed by atoms with van der Waals surface area (Å²) in [5.74, 6) is 0.642. The van der Waals surface area contributed by atoms with Crippen LogP contribution >= 0.6 is 0 Å². The average Bonchev–Trinajstić information content (AvgIpc) is 3.05. The van der Waals surface area contributed by atoms with Crippen molar-refractivity contribution in [1.29, 1.82) is 0 Å². The van der Waals surface area contributed by atoms with Gasteiger partial charge >= 0.3 is 5.69 Å². The van der Waals surface area contributed by atoms with Crippen molar-refractivity contribution in [1.82, 2.24) is 15.1 Å². The van der Waals surface area contributed by atoms with E-state index in [1.54, 1.807) is 13.2 Å². The quantitative estimate of drug-likeness (QED) is 0.621. The van der Waals surface area contributed by atoms with Gasteiger partial charge in [-0.2, -0.15) is 5.10 Å². The number of nitrogens with one attached hydrogen (secondary N) is 1. The maximum absolute atomic E-state index is 11.9. The molecule has 0 aromatic carbocycles. The van der Waals surface area contributed by atoms with Crippen molar-refractivity contribution in [2.75, 3.05) is 0 Å². The number of furan rings is 1. The number of aromatic nitrogens is 2. The molecule has 0 saturated heterocycles. The van der Waals surface area contributed by atoms with Crippen LogP contribution in [0, 0.1) is 17.0 Å². The Morgan fingerprint density at radius 3 is 2.95 bits per heavy atom. The third kappa shape index (κ3) is 4.18. The van der Waals surface area contributed by atoms with Crippen molar-refractivity contribution < 1.29 is 14.1 Å². The van der Waals surface area contributed by atoms with E-state index in [2.05, 4.69) is 10.4 Å². The molecule has 0 saturated carbocycles. The van der Waals surface area contributed by atoms with Gasteiger partial charge in [-0.05, 0) is 32.4 Å². The summed E-state index contributed by atoms with van der Waals surface area (Å²) in [6.45, 7) is 3.40. The first kappa shape index (κ1) is 15.7. The molecule has 2 rings (SSSR count). The lowest BCUT2D eigenvalue weighted by molar-refractivity contribution is -0.385. The highest BCUT2D eigenvalue weighted by Crippen LogP contribution is 2.14. The molecular weight excluding hydrogens is 288 g/mol. The van der Waals surface area contributed by atoms with Crippen LogP contribution < -0.4 is 5.32 Å². The van der Waals surface area contributed by atoms with Gasteiger partial charge in [0.05, 0.1) is 11.2 Å². The van der Waals surface area contributed by atoms with E-state index in [1.165, 1.54) is 10.9 Å². The van der Waals surface area contributed by atoms with E-state index in [0.29, 0.717) is 5.69 Å². The average molecular weight is 306 g/mol. The summed E-state index contributed by atoms with van der Waals surface area (Å²) >= 11 is 0. The lowest BCUT2D eigenvalue weighted by Gasteiger charge is -2.13. The monoisotopic (exact) mass is 306 g/mol. The summed E-state index contributed by atoms with van der Waals surface area (Å²) in [5.41, 5.74) is 0.210. The van der Waals surface area contributed by atoms with Crippen LogP contribution in [0.25, 0.3) is 0 Å². The smallest absolute Gasteiger partial charge is 0.309 e. The van der Waals surface area contributed by atoms with Gasteiger partial charge in [-0.1, -0.05) is 0 Å². The second kappa shape index (κ2) is 6.88. The summed E-state index contributed by atoms with van der Waals surface area (Å²) in [4.78, 5) is 22.1. The van der Waals surface area contributed by atoms with Crippen molar-refractivity contribution >= 4 is 11.6 Å². The Labute approximate surface area is 127 Å². The topological polar surface area (TPSA) is 103 Å². The summed E-state index contributed by atoms with van der Waals surface area (Å²) in [6.07, 6.45) is 4.37. The summed E-state index contributed by atoms with van der Waals surface area (Å²) in [6, 6.07) is 3.69. The molecule has 0 fully saturated rings. The third-order valence-corrected chi connectivity index (χ3v) is 3.23. The molecule has 8 heteroatoms. The van der Waals surface area contributed by atoms with Gasteiger partial charge < -0.3 is 9.73 Å². The van der Waals surface area contributed by atoms with Crippen LogP contribution in [-0.4, -0.2) is 26.7 Å². The lowest BCUT2D eigenvalue weighted by Crippen LogP contribution is -2.35. The molecule has 8 nitrogen and oxygen atoms in total. The number of nitro groups is 1. The number of aryl methyl sites for hydroxylation is 2. The number of hydrogen-bond acceptors (Lipinski definition) is 5. The van der Waals surface area contributed by atoms with Gasteiger partial charge in [0.25, 0.3) is 0 Å². The summed E-state index contributed by atoms with van der Waals surface area (Å²) in [7, 11) is 0. The molecule has 2 aromatic heterocycles. The van der Waals surface area contributed by atoms with Gasteiger partial charge in [-0.3, -0.25) is 19.6 Å². The van der Waals surface area contributed by atoms with E-state index in [-0.39, 0.29) is 24.2 Å². The number of carbonyl (C=O) groups is 1. The highest BCUT2D eigenvalue weighted by atomic mass is 16.6. The maximum atomic E-state index is 11.9. The third-order valence-electron chi connectivity index (χ3n) is 3.23. The van der Waals surface area contributed by atoms with E-state index in [0.717, 1.165) is 18.6 Å². The molecule has 0 aliphatic heterocycles. The van der Waals surface area contributed by atoms with Gasteiger partial charge in [0, 0.05) is 12.5 Å². The maximum Gasteiger partial charge on any atom is 0.309 e. The first-order chi connectivity index (χ1) is 10.5. The van der Waals surface area contributed by atoms with E-state index in [1.807, 2.05) is 19.1 Å². The highest BCUT2D eigenvalue weighted by molar-refractivity contribution is 5.76. The van der Waals surface area contributed by atoms with Crippen LogP contribution in [0.15, 0.2) is 29.0 Å². The molecule has 0 aliphatic carbocycles. The van der Waals surface area contributed by atoms with Gasteiger partial charge in [0.2, 0.25) is 5.91 Å². The molecule has 0 bridgehead atoms. The van der Waals surface area contributed by atoms with Crippen molar-refractivity contribution in [3.63, 3.8) is 0 Å². The van der Waals surface area contributed by atoms with E-state index >= 15 is 0 Å². The van der Waals surface area contributed by atoms with Crippen LogP contribution in [-0.2, 0) is 17.8 Å². The summed E-state index contributed by atoms with van der Waals surface area (Å²) < 4.78 is 6.51. The Hall–Kier alpha value is -2.64. The minimum Gasteiger partial charge on any atom is -0.469 e. The fourth-order valence-electron chi connectivity index (χ4n) is 2.12. The Kier molecular flexibility index (Phi) is 4.92. The Morgan fingerprint density at radius 1 is 1.59 bits per heavy atom. The Morgan fingerprint density at radius 2 is 2.36 bits per heavy atom. The molecule has 1 atom stereocenters. The molecule has 118 valence electrons. The minimum absolute atomic E-state index is 0.0238.